The van der Waals surface area contributed by atoms with Crippen LogP contribution in [-0.4, -0.2) is 19.5 Å². The summed E-state index contributed by atoms with van der Waals surface area (Å²) in [6, 6.07) is 5.47. The average Bonchev–Trinajstić information content (AvgIpc) is 1.90. The third-order valence-electron chi connectivity index (χ3n) is 0.779. The van der Waals surface area contributed by atoms with Gasteiger partial charge in [0, 0.05) is 6.20 Å². The lowest BCUT2D eigenvalue weighted by Crippen LogP contribution is -2.15. The third kappa shape index (κ3) is 1.15. The van der Waals surface area contributed by atoms with Gasteiger partial charge in [-0.2, -0.15) is 0 Å². The summed E-state index contributed by atoms with van der Waals surface area (Å²) in [7, 11) is -0.181. The van der Waals surface area contributed by atoms with Crippen LogP contribution in [0.4, 0.5) is 0 Å². The minimum absolute atomic E-state index is 0.181. The summed E-state index contributed by atoms with van der Waals surface area (Å²) in [5.41, 5.74) is 0. The summed E-state index contributed by atoms with van der Waals surface area (Å²) in [5, 5.41) is 0.743. The molecule has 1 N–H and O–H groups in total. The summed E-state index contributed by atoms with van der Waals surface area (Å²) in [6.45, 7) is 0. The summed E-state index contributed by atoms with van der Waals surface area (Å²) < 4.78 is 0. The van der Waals surface area contributed by atoms with Crippen molar-refractivity contribution in [1.82, 2.24) is 4.98 Å². The van der Waals surface area contributed by atoms with Crippen LogP contribution in [0.15, 0.2) is 24.4 Å². The highest BCUT2D eigenvalue weighted by Crippen LogP contribution is 1.72. The number of pyridine rings is 1. The molecule has 0 aliphatic heterocycles. The van der Waals surface area contributed by atoms with Crippen LogP contribution in [0.3, 0.4) is 0 Å². The first-order chi connectivity index (χ1) is 3.93. The Morgan fingerprint density at radius 2 is 2.38 bits per heavy atom. The summed E-state index contributed by atoms with van der Waals surface area (Å²) in [6.07, 6.45) is 1.67. The van der Waals surface area contributed by atoms with Gasteiger partial charge in [0.2, 0.25) is 0 Å². The monoisotopic (exact) mass is 123 g/mol. The van der Waals surface area contributed by atoms with Crippen molar-refractivity contribution >= 4 is 15.1 Å². The maximum atomic E-state index is 8.50. The van der Waals surface area contributed by atoms with E-state index in [1.807, 2.05) is 12.1 Å². The van der Waals surface area contributed by atoms with E-state index in [1.165, 1.54) is 0 Å². The lowest BCUT2D eigenvalue weighted by molar-refractivity contribution is 0.614. The molecule has 0 spiro atoms. The topological polar surface area (TPSA) is 33.1 Å². The van der Waals surface area contributed by atoms with Crippen molar-refractivity contribution in [3.63, 3.8) is 0 Å². The third-order valence-corrected chi connectivity index (χ3v) is 1.30. The van der Waals surface area contributed by atoms with Crippen molar-refractivity contribution in [2.45, 2.75) is 0 Å². The zero-order chi connectivity index (χ0) is 5.82. The Bertz CT molecular complexity index is 154. The molecule has 0 amide bonds. The molecule has 3 heteroatoms. The molecular formula is C5H5NOSi. The second-order valence-corrected chi connectivity index (χ2v) is 2.06. The van der Waals surface area contributed by atoms with Crippen molar-refractivity contribution in [2.24, 2.45) is 0 Å². The first-order valence-corrected chi connectivity index (χ1v) is 3.19. The molecule has 2 nitrogen and oxygen atoms in total. The Kier molecular flexibility index (Phi) is 1.77. The molecule has 0 saturated heterocycles. The highest BCUT2D eigenvalue weighted by Gasteiger charge is 1.86. The zero-order valence-corrected chi connectivity index (χ0v) is 5.20. The van der Waals surface area contributed by atoms with Crippen molar-refractivity contribution in [3.8, 4) is 0 Å². The van der Waals surface area contributed by atoms with Crippen LogP contribution in [0.2, 0.25) is 0 Å². The second kappa shape index (κ2) is 2.59. The van der Waals surface area contributed by atoms with Gasteiger partial charge in [-0.15, -0.1) is 0 Å². The molecule has 8 heavy (non-hydrogen) atoms. The van der Waals surface area contributed by atoms with Crippen LogP contribution in [-0.2, 0) is 0 Å². The molecule has 1 aromatic rings. The Balaban J connectivity index is 2.83. The quantitative estimate of drug-likeness (QED) is 0.502. The molecule has 2 radical (unpaired) electrons. The molecule has 0 unspecified atom stereocenters. The van der Waals surface area contributed by atoms with Gasteiger partial charge >= 0.3 is 0 Å². The van der Waals surface area contributed by atoms with E-state index in [2.05, 4.69) is 4.98 Å². The molecule has 0 atom stereocenters. The number of aromatic nitrogens is 1. The molecule has 0 aliphatic rings. The fraction of sp³-hybridized carbons (Fsp3) is 0. The van der Waals surface area contributed by atoms with Crippen LogP contribution < -0.4 is 5.32 Å². The number of hydrogen-bond donors (Lipinski definition) is 1. The Labute approximate surface area is 50.1 Å². The molecule has 1 aromatic heterocycles. The molecule has 0 saturated carbocycles. The minimum atomic E-state index is -0.181. The average molecular weight is 123 g/mol. The van der Waals surface area contributed by atoms with E-state index >= 15 is 0 Å². The normalized spacial score (nSPS) is 9.12. The van der Waals surface area contributed by atoms with Crippen molar-refractivity contribution in [3.05, 3.63) is 24.4 Å². The zero-order valence-electron chi connectivity index (χ0n) is 4.20. The molecule has 0 aromatic carbocycles. The second-order valence-electron chi connectivity index (χ2n) is 1.33. The number of rotatable bonds is 1. The van der Waals surface area contributed by atoms with Gasteiger partial charge in [-0.05, 0) is 12.1 Å². The molecular weight excluding hydrogens is 118 g/mol. The van der Waals surface area contributed by atoms with Crippen molar-refractivity contribution in [1.29, 1.82) is 0 Å². The molecule has 0 aliphatic carbocycles. The maximum Gasteiger partial charge on any atom is 0.286 e. The van der Waals surface area contributed by atoms with Gasteiger partial charge in [-0.1, -0.05) is 6.07 Å². The van der Waals surface area contributed by atoms with Gasteiger partial charge in [0.05, 0.1) is 5.32 Å². The molecule has 1 heterocycles. The van der Waals surface area contributed by atoms with Gasteiger partial charge in [0.25, 0.3) is 9.76 Å². The van der Waals surface area contributed by atoms with Gasteiger partial charge in [0.15, 0.2) is 0 Å². The summed E-state index contributed by atoms with van der Waals surface area (Å²) in [5.74, 6) is 0. The lowest BCUT2D eigenvalue weighted by Gasteiger charge is -1.86. The van der Waals surface area contributed by atoms with E-state index in [4.69, 9.17) is 4.80 Å². The fourth-order valence-electron chi connectivity index (χ4n) is 0.429. The first-order valence-electron chi connectivity index (χ1n) is 2.24. The van der Waals surface area contributed by atoms with Crippen molar-refractivity contribution < 1.29 is 4.80 Å². The van der Waals surface area contributed by atoms with Gasteiger partial charge < -0.3 is 4.80 Å². The SMILES string of the molecule is O[Si]c1ccccn1. The first kappa shape index (κ1) is 5.46. The van der Waals surface area contributed by atoms with Crippen LogP contribution in [0, 0.1) is 0 Å². The van der Waals surface area contributed by atoms with E-state index in [-0.39, 0.29) is 9.76 Å². The van der Waals surface area contributed by atoms with Gasteiger partial charge in [-0.25, -0.2) is 0 Å². The van der Waals surface area contributed by atoms with E-state index < -0.39 is 0 Å². The minimum Gasteiger partial charge on any atom is -0.427 e. The Morgan fingerprint density at radius 3 is 2.75 bits per heavy atom. The highest BCUT2D eigenvalue weighted by molar-refractivity contribution is 6.44. The molecule has 0 fully saturated rings. The standard InChI is InChI=1S/C5H5NOSi/c7-8-5-3-1-2-4-6-5/h1-4,7H. The highest BCUT2D eigenvalue weighted by atomic mass is 28.2. The summed E-state index contributed by atoms with van der Waals surface area (Å²) in [4.78, 5) is 12.4. The van der Waals surface area contributed by atoms with E-state index in [1.54, 1.807) is 12.3 Å². The molecule has 1 rings (SSSR count). The lowest BCUT2D eigenvalue weighted by atomic mass is 10.5. The fourth-order valence-corrected chi connectivity index (χ4v) is 0.732. The molecule has 40 valence electrons. The molecule has 0 bridgehead atoms. The number of nitrogens with zero attached hydrogens (tertiary/aromatic N) is 1. The van der Waals surface area contributed by atoms with E-state index in [9.17, 15) is 0 Å². The predicted molar refractivity (Wildman–Crippen MR) is 31.8 cm³/mol. The predicted octanol–water partition coefficient (Wildman–Crippen LogP) is -0.682. The van der Waals surface area contributed by atoms with Gasteiger partial charge in [-0.3, -0.25) is 4.98 Å². The van der Waals surface area contributed by atoms with E-state index in [0.29, 0.717) is 0 Å². The Morgan fingerprint density at radius 1 is 1.50 bits per heavy atom. The summed E-state index contributed by atoms with van der Waals surface area (Å²) >= 11 is 0. The van der Waals surface area contributed by atoms with Gasteiger partial charge in [0.1, 0.15) is 0 Å². The van der Waals surface area contributed by atoms with Crippen LogP contribution in [0.5, 0.6) is 0 Å². The number of hydrogen-bond acceptors (Lipinski definition) is 2. The van der Waals surface area contributed by atoms with Crippen molar-refractivity contribution in [2.75, 3.05) is 0 Å². The smallest absolute Gasteiger partial charge is 0.286 e. The Hall–Kier alpha value is -0.673. The van der Waals surface area contributed by atoms with Crippen LogP contribution in [0.1, 0.15) is 0 Å². The van der Waals surface area contributed by atoms with Crippen LogP contribution in [0.25, 0.3) is 0 Å². The largest absolute Gasteiger partial charge is 0.427 e. The van der Waals surface area contributed by atoms with E-state index in [0.717, 1.165) is 5.32 Å². The maximum absolute atomic E-state index is 8.50. The van der Waals surface area contributed by atoms with Crippen LogP contribution >= 0.6 is 0 Å².